The SMILES string of the molecule is O=C(CN1C(=O)c2ccccc2N2C(=O)c3ccccc3C12)NCc1cccnc1. The molecule has 5 rings (SSSR count). The van der Waals surface area contributed by atoms with Crippen molar-refractivity contribution >= 4 is 23.4 Å². The topological polar surface area (TPSA) is 82.6 Å². The molecule has 2 aliphatic heterocycles. The number of rotatable bonds is 4. The number of nitrogens with zero attached hydrogens (tertiary/aromatic N) is 3. The van der Waals surface area contributed by atoms with Crippen LogP contribution in [0.2, 0.25) is 0 Å². The van der Waals surface area contributed by atoms with Crippen LogP contribution < -0.4 is 10.2 Å². The third kappa shape index (κ3) is 2.83. The number of hydrogen-bond donors (Lipinski definition) is 1. The predicted molar refractivity (Wildman–Crippen MR) is 110 cm³/mol. The highest BCUT2D eigenvalue weighted by Crippen LogP contribution is 2.44. The van der Waals surface area contributed by atoms with Gasteiger partial charge >= 0.3 is 0 Å². The summed E-state index contributed by atoms with van der Waals surface area (Å²) in [6.45, 7) is 0.158. The van der Waals surface area contributed by atoms with Crippen molar-refractivity contribution < 1.29 is 14.4 Å². The van der Waals surface area contributed by atoms with Crippen LogP contribution in [0.1, 0.15) is 38.0 Å². The van der Waals surface area contributed by atoms with Crippen LogP contribution >= 0.6 is 0 Å². The molecule has 1 aromatic heterocycles. The minimum Gasteiger partial charge on any atom is -0.350 e. The summed E-state index contributed by atoms with van der Waals surface area (Å²) < 4.78 is 0. The molecule has 0 aliphatic carbocycles. The molecular formula is C23H18N4O3. The van der Waals surface area contributed by atoms with Gasteiger partial charge in [-0.3, -0.25) is 24.3 Å². The molecule has 1 N–H and O–H groups in total. The number of benzene rings is 2. The summed E-state index contributed by atoms with van der Waals surface area (Å²) in [5.41, 5.74) is 3.12. The van der Waals surface area contributed by atoms with Crippen LogP contribution in [0, 0.1) is 0 Å². The summed E-state index contributed by atoms with van der Waals surface area (Å²) in [7, 11) is 0. The lowest BCUT2D eigenvalue weighted by Crippen LogP contribution is -2.51. The molecule has 30 heavy (non-hydrogen) atoms. The zero-order valence-electron chi connectivity index (χ0n) is 16.0. The van der Waals surface area contributed by atoms with E-state index in [0.717, 1.165) is 11.1 Å². The molecule has 7 heteroatoms. The lowest BCUT2D eigenvalue weighted by atomic mass is 10.0. The third-order valence-corrected chi connectivity index (χ3v) is 5.41. The predicted octanol–water partition coefficient (Wildman–Crippen LogP) is 2.51. The Morgan fingerprint density at radius 3 is 2.50 bits per heavy atom. The maximum atomic E-state index is 13.3. The number of carbonyl (C=O) groups is 3. The number of amides is 3. The number of pyridine rings is 1. The van der Waals surface area contributed by atoms with Crippen LogP contribution in [-0.4, -0.2) is 34.2 Å². The minimum absolute atomic E-state index is 0.157. The molecule has 0 saturated carbocycles. The second kappa shape index (κ2) is 7.11. The number of aromatic nitrogens is 1. The molecule has 2 aliphatic rings. The smallest absolute Gasteiger partial charge is 0.260 e. The van der Waals surface area contributed by atoms with Crippen LogP contribution in [0.4, 0.5) is 5.69 Å². The first-order chi connectivity index (χ1) is 14.6. The Morgan fingerprint density at radius 2 is 1.70 bits per heavy atom. The van der Waals surface area contributed by atoms with Crippen molar-refractivity contribution in [2.45, 2.75) is 12.7 Å². The fourth-order valence-electron chi connectivity index (χ4n) is 4.05. The summed E-state index contributed by atoms with van der Waals surface area (Å²) in [6, 6.07) is 17.9. The van der Waals surface area contributed by atoms with E-state index >= 15 is 0 Å². The largest absolute Gasteiger partial charge is 0.350 e. The van der Waals surface area contributed by atoms with Gasteiger partial charge in [-0.05, 0) is 29.8 Å². The maximum absolute atomic E-state index is 13.3. The van der Waals surface area contributed by atoms with E-state index in [9.17, 15) is 14.4 Å². The number of para-hydroxylation sites is 1. The lowest BCUT2D eigenvalue weighted by molar-refractivity contribution is -0.122. The summed E-state index contributed by atoms with van der Waals surface area (Å²) in [5.74, 6) is -0.743. The van der Waals surface area contributed by atoms with Gasteiger partial charge in [0.05, 0.1) is 11.3 Å². The average Bonchev–Trinajstić information content (AvgIpc) is 3.09. The molecule has 0 saturated heterocycles. The Labute approximate surface area is 172 Å². The third-order valence-electron chi connectivity index (χ3n) is 5.41. The fraction of sp³-hybridized carbons (Fsp3) is 0.130. The van der Waals surface area contributed by atoms with E-state index in [1.807, 2.05) is 18.2 Å². The number of hydrogen-bond acceptors (Lipinski definition) is 4. The first-order valence-electron chi connectivity index (χ1n) is 9.63. The Balaban J connectivity index is 1.47. The molecule has 1 unspecified atom stereocenters. The van der Waals surface area contributed by atoms with Gasteiger partial charge in [0.1, 0.15) is 12.7 Å². The normalized spacial score (nSPS) is 16.7. The van der Waals surface area contributed by atoms with Crippen molar-refractivity contribution in [3.05, 3.63) is 95.3 Å². The molecule has 3 heterocycles. The highest BCUT2D eigenvalue weighted by molar-refractivity contribution is 6.17. The summed E-state index contributed by atoms with van der Waals surface area (Å²) in [4.78, 5) is 46.2. The molecule has 3 aromatic rings. The van der Waals surface area contributed by atoms with Crippen molar-refractivity contribution in [1.82, 2.24) is 15.2 Å². The molecule has 1 atom stereocenters. The Morgan fingerprint density at radius 1 is 0.933 bits per heavy atom. The van der Waals surface area contributed by atoms with Gasteiger partial charge in [-0.25, -0.2) is 0 Å². The van der Waals surface area contributed by atoms with Crippen LogP contribution in [0.3, 0.4) is 0 Å². The Kier molecular flexibility index (Phi) is 4.28. The van der Waals surface area contributed by atoms with Crippen molar-refractivity contribution in [2.24, 2.45) is 0 Å². The van der Waals surface area contributed by atoms with Crippen LogP contribution in [-0.2, 0) is 11.3 Å². The quantitative estimate of drug-likeness (QED) is 0.732. The second-order valence-electron chi connectivity index (χ2n) is 7.22. The minimum atomic E-state index is -0.639. The summed E-state index contributed by atoms with van der Waals surface area (Å²) >= 11 is 0. The van der Waals surface area contributed by atoms with Crippen molar-refractivity contribution in [3.63, 3.8) is 0 Å². The highest BCUT2D eigenvalue weighted by atomic mass is 16.2. The van der Waals surface area contributed by atoms with Gasteiger partial charge in [0, 0.05) is 30.1 Å². The number of anilines is 1. The van der Waals surface area contributed by atoms with Crippen LogP contribution in [0.15, 0.2) is 73.1 Å². The van der Waals surface area contributed by atoms with Crippen molar-refractivity contribution in [3.8, 4) is 0 Å². The van der Waals surface area contributed by atoms with Gasteiger partial charge in [0.25, 0.3) is 11.8 Å². The molecule has 2 aromatic carbocycles. The Bertz CT molecular complexity index is 1160. The van der Waals surface area contributed by atoms with E-state index in [4.69, 9.17) is 0 Å². The van der Waals surface area contributed by atoms with E-state index in [0.29, 0.717) is 23.4 Å². The molecule has 0 spiro atoms. The second-order valence-corrected chi connectivity index (χ2v) is 7.22. The molecular weight excluding hydrogens is 380 g/mol. The van der Waals surface area contributed by atoms with Crippen LogP contribution in [0.5, 0.6) is 0 Å². The van der Waals surface area contributed by atoms with Crippen LogP contribution in [0.25, 0.3) is 0 Å². The standard InChI is InChI=1S/C23H18N4O3/c28-20(25-13-15-6-5-11-24-12-15)14-26-21-16-7-1-2-8-17(16)23(30)27(21)19-10-4-3-9-18(19)22(26)29/h1-12,21H,13-14H2,(H,25,28). The molecule has 0 fully saturated rings. The maximum Gasteiger partial charge on any atom is 0.260 e. The molecule has 148 valence electrons. The number of fused-ring (bicyclic) bond motifs is 5. The zero-order valence-corrected chi connectivity index (χ0v) is 16.0. The Hall–Kier alpha value is -4.00. The lowest BCUT2D eigenvalue weighted by Gasteiger charge is -2.40. The molecule has 0 radical (unpaired) electrons. The molecule has 7 nitrogen and oxygen atoms in total. The molecule has 0 bridgehead atoms. The summed E-state index contributed by atoms with van der Waals surface area (Å²) in [6.07, 6.45) is 2.70. The van der Waals surface area contributed by atoms with Gasteiger partial charge in [0.15, 0.2) is 0 Å². The van der Waals surface area contributed by atoms with E-state index in [1.54, 1.807) is 59.8 Å². The van der Waals surface area contributed by atoms with E-state index in [-0.39, 0.29) is 24.3 Å². The first-order valence-corrected chi connectivity index (χ1v) is 9.63. The first kappa shape index (κ1) is 18.1. The van der Waals surface area contributed by atoms with Gasteiger partial charge in [-0.2, -0.15) is 0 Å². The highest BCUT2D eigenvalue weighted by Gasteiger charge is 2.47. The van der Waals surface area contributed by atoms with E-state index in [2.05, 4.69) is 10.3 Å². The van der Waals surface area contributed by atoms with E-state index in [1.165, 1.54) is 4.90 Å². The van der Waals surface area contributed by atoms with Gasteiger partial charge < -0.3 is 10.2 Å². The monoisotopic (exact) mass is 398 g/mol. The molecule has 3 amide bonds. The number of carbonyl (C=O) groups excluding carboxylic acids is 3. The number of nitrogens with one attached hydrogen (secondary N) is 1. The van der Waals surface area contributed by atoms with Crippen molar-refractivity contribution in [1.29, 1.82) is 0 Å². The van der Waals surface area contributed by atoms with Gasteiger partial charge in [0.2, 0.25) is 5.91 Å². The average molecular weight is 398 g/mol. The van der Waals surface area contributed by atoms with Gasteiger partial charge in [-0.1, -0.05) is 36.4 Å². The zero-order chi connectivity index (χ0) is 20.7. The van der Waals surface area contributed by atoms with Gasteiger partial charge in [-0.15, -0.1) is 0 Å². The van der Waals surface area contributed by atoms with E-state index < -0.39 is 6.17 Å². The fourth-order valence-corrected chi connectivity index (χ4v) is 4.05. The van der Waals surface area contributed by atoms with Crippen molar-refractivity contribution in [2.75, 3.05) is 11.4 Å². The summed E-state index contributed by atoms with van der Waals surface area (Å²) in [5, 5.41) is 2.83.